The maximum atomic E-state index is 11.0. The highest BCUT2D eigenvalue weighted by molar-refractivity contribution is 5.66. The molecular formula is C13H16O2. The van der Waals surface area contributed by atoms with Crippen molar-refractivity contribution in [2.75, 3.05) is 0 Å². The molecule has 0 spiro atoms. The molecule has 0 unspecified atom stereocenters. The van der Waals surface area contributed by atoms with Gasteiger partial charge in [0, 0.05) is 6.92 Å². The molecule has 0 bridgehead atoms. The van der Waals surface area contributed by atoms with Crippen molar-refractivity contribution >= 4 is 5.97 Å². The number of carbonyl (C=O) groups excluding carboxylic acids is 1. The zero-order valence-electron chi connectivity index (χ0n) is 9.19. The van der Waals surface area contributed by atoms with Crippen LogP contribution < -0.4 is 0 Å². The molecule has 2 rings (SSSR count). The number of benzene rings is 1. The quantitative estimate of drug-likeness (QED) is 0.657. The first-order valence-electron chi connectivity index (χ1n) is 5.43. The van der Waals surface area contributed by atoms with Gasteiger partial charge < -0.3 is 4.74 Å². The first kappa shape index (κ1) is 10.2. The molecular weight excluding hydrogens is 188 g/mol. The molecule has 0 N–H and O–H groups in total. The highest BCUT2D eigenvalue weighted by Gasteiger charge is 2.28. The molecule has 0 aromatic heterocycles. The number of aryl methyl sites for hydroxylation is 1. The van der Waals surface area contributed by atoms with E-state index < -0.39 is 0 Å². The molecule has 0 amide bonds. The fourth-order valence-electron chi connectivity index (χ4n) is 2.24. The van der Waals surface area contributed by atoms with Gasteiger partial charge in [0.15, 0.2) is 0 Å². The smallest absolute Gasteiger partial charge is 0.303 e. The molecule has 0 radical (unpaired) electrons. The fourth-order valence-corrected chi connectivity index (χ4v) is 2.24. The molecule has 2 nitrogen and oxygen atoms in total. The molecule has 0 saturated heterocycles. The van der Waals surface area contributed by atoms with Crippen molar-refractivity contribution in [1.29, 1.82) is 0 Å². The van der Waals surface area contributed by atoms with Gasteiger partial charge in [0.25, 0.3) is 0 Å². The van der Waals surface area contributed by atoms with Crippen molar-refractivity contribution in [3.8, 4) is 0 Å². The number of hydrogen-bond donors (Lipinski definition) is 0. The molecule has 0 saturated carbocycles. The lowest BCUT2D eigenvalue weighted by Gasteiger charge is -2.30. The number of hydrogen-bond acceptors (Lipinski definition) is 2. The normalized spacial score (nSPS) is 24.4. The van der Waals surface area contributed by atoms with Crippen molar-refractivity contribution in [2.24, 2.45) is 5.92 Å². The summed E-state index contributed by atoms with van der Waals surface area (Å²) in [5.74, 6) is 0.229. The summed E-state index contributed by atoms with van der Waals surface area (Å²) in [6.45, 7) is 3.62. The third kappa shape index (κ3) is 2.04. The summed E-state index contributed by atoms with van der Waals surface area (Å²) >= 11 is 0. The number of rotatable bonds is 1. The van der Waals surface area contributed by atoms with E-state index in [1.54, 1.807) is 0 Å². The van der Waals surface area contributed by atoms with Gasteiger partial charge in [0.1, 0.15) is 6.10 Å². The van der Waals surface area contributed by atoms with Crippen LogP contribution in [0.25, 0.3) is 0 Å². The minimum absolute atomic E-state index is 0.0487. The van der Waals surface area contributed by atoms with Gasteiger partial charge in [-0.05, 0) is 29.9 Å². The Morgan fingerprint density at radius 3 is 2.87 bits per heavy atom. The standard InChI is InChI=1S/C13H16O2/c1-9-7-8-11-5-3-4-6-12(11)13(9)15-10(2)14/h3-6,9,13H,7-8H2,1-2H3/t9-,13+/m1/s1. The Morgan fingerprint density at radius 1 is 1.40 bits per heavy atom. The molecule has 80 valence electrons. The highest BCUT2D eigenvalue weighted by atomic mass is 16.5. The average molecular weight is 204 g/mol. The first-order chi connectivity index (χ1) is 7.18. The zero-order chi connectivity index (χ0) is 10.8. The minimum Gasteiger partial charge on any atom is -0.457 e. The van der Waals surface area contributed by atoms with E-state index in [-0.39, 0.29) is 12.1 Å². The van der Waals surface area contributed by atoms with Crippen molar-refractivity contribution in [1.82, 2.24) is 0 Å². The third-order valence-corrected chi connectivity index (χ3v) is 3.04. The van der Waals surface area contributed by atoms with E-state index in [0.717, 1.165) is 12.8 Å². The van der Waals surface area contributed by atoms with Crippen LogP contribution in [0, 0.1) is 5.92 Å². The number of fused-ring (bicyclic) bond motifs is 1. The van der Waals surface area contributed by atoms with Crippen LogP contribution in [0.15, 0.2) is 24.3 Å². The lowest BCUT2D eigenvalue weighted by atomic mass is 9.82. The molecule has 1 aliphatic rings. The van der Waals surface area contributed by atoms with Crippen molar-refractivity contribution < 1.29 is 9.53 Å². The van der Waals surface area contributed by atoms with Gasteiger partial charge in [-0.25, -0.2) is 0 Å². The fraction of sp³-hybridized carbons (Fsp3) is 0.462. The maximum Gasteiger partial charge on any atom is 0.303 e. The Balaban J connectivity index is 2.32. The molecule has 2 heteroatoms. The molecule has 0 aliphatic heterocycles. The van der Waals surface area contributed by atoms with Crippen molar-refractivity contribution in [2.45, 2.75) is 32.8 Å². The van der Waals surface area contributed by atoms with Crippen molar-refractivity contribution in [3.63, 3.8) is 0 Å². The molecule has 0 fully saturated rings. The summed E-state index contributed by atoms with van der Waals surface area (Å²) in [5.41, 5.74) is 2.51. The Hall–Kier alpha value is -1.31. The molecule has 1 aromatic rings. The Labute approximate surface area is 90.3 Å². The topological polar surface area (TPSA) is 26.3 Å². The Bertz CT molecular complexity index is 371. The molecule has 1 aliphatic carbocycles. The maximum absolute atomic E-state index is 11.0. The van der Waals surface area contributed by atoms with Gasteiger partial charge in [-0.3, -0.25) is 4.79 Å². The van der Waals surface area contributed by atoms with Crippen LogP contribution in [0.5, 0.6) is 0 Å². The minimum atomic E-state index is -0.191. The van der Waals surface area contributed by atoms with Gasteiger partial charge in [0.2, 0.25) is 0 Å². The van der Waals surface area contributed by atoms with E-state index in [9.17, 15) is 4.79 Å². The molecule has 15 heavy (non-hydrogen) atoms. The van der Waals surface area contributed by atoms with Crippen molar-refractivity contribution in [3.05, 3.63) is 35.4 Å². The van der Waals surface area contributed by atoms with E-state index in [1.807, 2.05) is 12.1 Å². The summed E-state index contributed by atoms with van der Waals surface area (Å²) in [4.78, 5) is 11.0. The van der Waals surface area contributed by atoms with Crippen LogP contribution in [-0.4, -0.2) is 5.97 Å². The van der Waals surface area contributed by atoms with Crippen LogP contribution in [0.4, 0.5) is 0 Å². The van der Waals surface area contributed by atoms with Gasteiger partial charge >= 0.3 is 5.97 Å². The SMILES string of the molecule is CC(=O)O[C@@H]1c2ccccc2CC[C@H]1C. The summed E-state index contributed by atoms with van der Waals surface area (Å²) in [6.07, 6.45) is 2.14. The van der Waals surface area contributed by atoms with Crippen LogP contribution in [0.3, 0.4) is 0 Å². The number of ether oxygens (including phenoxy) is 1. The van der Waals surface area contributed by atoms with Crippen LogP contribution in [0.1, 0.15) is 37.5 Å². The Kier molecular flexibility index (Phi) is 2.76. The second kappa shape index (κ2) is 4.05. The van der Waals surface area contributed by atoms with E-state index in [2.05, 4.69) is 19.1 Å². The van der Waals surface area contributed by atoms with Gasteiger partial charge in [0.05, 0.1) is 0 Å². The number of esters is 1. The Morgan fingerprint density at radius 2 is 2.13 bits per heavy atom. The third-order valence-electron chi connectivity index (χ3n) is 3.04. The van der Waals surface area contributed by atoms with E-state index >= 15 is 0 Å². The summed E-state index contributed by atoms with van der Waals surface area (Å²) < 4.78 is 5.39. The van der Waals surface area contributed by atoms with Crippen LogP contribution >= 0.6 is 0 Å². The average Bonchev–Trinajstić information content (AvgIpc) is 2.22. The summed E-state index contributed by atoms with van der Waals surface area (Å²) in [5, 5.41) is 0. The van der Waals surface area contributed by atoms with Gasteiger partial charge in [-0.15, -0.1) is 0 Å². The zero-order valence-corrected chi connectivity index (χ0v) is 9.19. The van der Waals surface area contributed by atoms with Crippen LogP contribution in [0.2, 0.25) is 0 Å². The summed E-state index contributed by atoms with van der Waals surface area (Å²) in [7, 11) is 0. The number of carbonyl (C=O) groups is 1. The monoisotopic (exact) mass is 204 g/mol. The lowest BCUT2D eigenvalue weighted by Crippen LogP contribution is -2.22. The largest absolute Gasteiger partial charge is 0.457 e. The predicted molar refractivity (Wildman–Crippen MR) is 58.4 cm³/mol. The van der Waals surface area contributed by atoms with Gasteiger partial charge in [-0.2, -0.15) is 0 Å². The van der Waals surface area contributed by atoms with E-state index in [4.69, 9.17) is 4.74 Å². The van der Waals surface area contributed by atoms with Gasteiger partial charge in [-0.1, -0.05) is 31.2 Å². The second-order valence-electron chi connectivity index (χ2n) is 4.24. The van der Waals surface area contributed by atoms with E-state index in [1.165, 1.54) is 18.1 Å². The molecule has 1 aromatic carbocycles. The second-order valence-corrected chi connectivity index (χ2v) is 4.24. The lowest BCUT2D eigenvalue weighted by molar-refractivity contribution is -0.149. The molecule has 2 atom stereocenters. The van der Waals surface area contributed by atoms with E-state index in [0.29, 0.717) is 5.92 Å². The highest BCUT2D eigenvalue weighted by Crippen LogP contribution is 2.36. The van der Waals surface area contributed by atoms with Crippen LogP contribution in [-0.2, 0) is 16.0 Å². The summed E-state index contributed by atoms with van der Waals surface area (Å²) in [6, 6.07) is 8.24. The predicted octanol–water partition coefficient (Wildman–Crippen LogP) is 2.87. The first-order valence-corrected chi connectivity index (χ1v) is 5.43. The molecule has 0 heterocycles.